The minimum atomic E-state index is -0.0526. The monoisotopic (exact) mass is 244 g/mol. The lowest BCUT2D eigenvalue weighted by molar-refractivity contribution is 0.560. The van der Waals surface area contributed by atoms with Gasteiger partial charge >= 0.3 is 0 Å². The summed E-state index contributed by atoms with van der Waals surface area (Å²) in [7, 11) is 0. The zero-order chi connectivity index (χ0) is 13.5. The fraction of sp³-hybridized carbons (Fsp3) is 0.400. The van der Waals surface area contributed by atoms with E-state index in [0.29, 0.717) is 0 Å². The highest BCUT2D eigenvalue weighted by Crippen LogP contribution is 2.20. The first kappa shape index (κ1) is 12.7. The molecule has 2 aromatic rings. The molecule has 0 atom stereocenters. The Labute approximate surface area is 107 Å². The van der Waals surface area contributed by atoms with Gasteiger partial charge in [-0.25, -0.2) is 4.68 Å². The molecule has 0 aliphatic carbocycles. The van der Waals surface area contributed by atoms with Gasteiger partial charge in [0.1, 0.15) is 0 Å². The van der Waals surface area contributed by atoms with E-state index in [2.05, 4.69) is 38.9 Å². The maximum absolute atomic E-state index is 12.1. The van der Waals surface area contributed by atoms with Crippen molar-refractivity contribution < 1.29 is 0 Å². The Morgan fingerprint density at radius 3 is 2.28 bits per heavy atom. The van der Waals surface area contributed by atoms with Crippen LogP contribution < -0.4 is 5.56 Å². The average Bonchev–Trinajstić information content (AvgIpc) is 2.60. The van der Waals surface area contributed by atoms with Crippen molar-refractivity contribution in [3.05, 3.63) is 51.4 Å². The Hall–Kier alpha value is -1.77. The maximum Gasteiger partial charge on any atom is 0.271 e. The van der Waals surface area contributed by atoms with Crippen LogP contribution in [0.3, 0.4) is 0 Å². The van der Waals surface area contributed by atoms with Crippen LogP contribution in [0.4, 0.5) is 0 Å². The first-order valence-corrected chi connectivity index (χ1v) is 6.19. The van der Waals surface area contributed by atoms with Crippen LogP contribution in [-0.4, -0.2) is 9.78 Å². The molecular weight excluding hydrogens is 224 g/mol. The molecule has 0 saturated heterocycles. The van der Waals surface area contributed by atoms with Gasteiger partial charge in [-0.2, -0.15) is 0 Å². The number of aromatic amines is 1. The first-order chi connectivity index (χ1) is 8.29. The van der Waals surface area contributed by atoms with Crippen molar-refractivity contribution in [1.29, 1.82) is 0 Å². The van der Waals surface area contributed by atoms with Crippen molar-refractivity contribution in [3.8, 4) is 5.69 Å². The van der Waals surface area contributed by atoms with E-state index in [-0.39, 0.29) is 11.0 Å². The van der Waals surface area contributed by atoms with Crippen LogP contribution in [0.1, 0.15) is 37.6 Å². The third kappa shape index (κ3) is 2.26. The fourth-order valence-corrected chi connectivity index (χ4v) is 2.02. The molecule has 2 rings (SSSR count). The number of nitrogens with one attached hydrogen (secondary N) is 1. The van der Waals surface area contributed by atoms with Gasteiger partial charge in [-0.1, -0.05) is 38.5 Å². The molecule has 0 bridgehead atoms. The molecule has 3 nitrogen and oxygen atoms in total. The van der Waals surface area contributed by atoms with Gasteiger partial charge in [0, 0.05) is 17.2 Å². The zero-order valence-electron chi connectivity index (χ0n) is 11.7. The largest absolute Gasteiger partial charge is 0.294 e. The van der Waals surface area contributed by atoms with E-state index in [0.717, 1.165) is 16.9 Å². The molecule has 0 fully saturated rings. The fourth-order valence-electron chi connectivity index (χ4n) is 2.02. The van der Waals surface area contributed by atoms with E-state index in [4.69, 9.17) is 0 Å². The number of aryl methyl sites for hydroxylation is 2. The molecule has 18 heavy (non-hydrogen) atoms. The molecule has 1 heterocycles. The molecular formula is C15H20N2O. The van der Waals surface area contributed by atoms with E-state index in [1.165, 1.54) is 5.56 Å². The van der Waals surface area contributed by atoms with Crippen molar-refractivity contribution in [3.63, 3.8) is 0 Å². The minimum absolute atomic E-state index is 0.00752. The topological polar surface area (TPSA) is 37.8 Å². The van der Waals surface area contributed by atoms with E-state index in [1.807, 2.05) is 19.1 Å². The molecule has 0 radical (unpaired) electrons. The SMILES string of the molecule is Cc1ccc(-n2[nH]c(C(C)(C)C)cc2=O)c(C)c1. The smallest absolute Gasteiger partial charge is 0.271 e. The highest BCUT2D eigenvalue weighted by atomic mass is 16.1. The summed E-state index contributed by atoms with van der Waals surface area (Å²) in [6, 6.07) is 7.76. The third-order valence-corrected chi connectivity index (χ3v) is 3.12. The molecule has 96 valence electrons. The molecule has 0 spiro atoms. The number of nitrogens with zero attached hydrogens (tertiary/aromatic N) is 1. The van der Waals surface area contributed by atoms with Gasteiger partial charge in [0.25, 0.3) is 5.56 Å². The summed E-state index contributed by atoms with van der Waals surface area (Å²) in [5.74, 6) is 0. The Morgan fingerprint density at radius 1 is 1.11 bits per heavy atom. The summed E-state index contributed by atoms with van der Waals surface area (Å²) >= 11 is 0. The lowest BCUT2D eigenvalue weighted by Crippen LogP contribution is -2.15. The summed E-state index contributed by atoms with van der Waals surface area (Å²) < 4.78 is 1.62. The third-order valence-electron chi connectivity index (χ3n) is 3.12. The molecule has 0 aliphatic heterocycles. The summed E-state index contributed by atoms with van der Waals surface area (Å²) in [5.41, 5.74) is 4.11. The molecule has 0 unspecified atom stereocenters. The van der Waals surface area contributed by atoms with Crippen molar-refractivity contribution in [2.45, 2.75) is 40.0 Å². The Bertz CT molecular complexity index is 627. The van der Waals surface area contributed by atoms with Crippen LogP contribution in [0.25, 0.3) is 5.69 Å². The van der Waals surface area contributed by atoms with Crippen LogP contribution in [0.5, 0.6) is 0 Å². The Balaban J connectivity index is 2.58. The van der Waals surface area contributed by atoms with E-state index in [1.54, 1.807) is 10.7 Å². The molecule has 1 aromatic heterocycles. The maximum atomic E-state index is 12.1. The van der Waals surface area contributed by atoms with Gasteiger partial charge in [-0.05, 0) is 25.5 Å². The van der Waals surface area contributed by atoms with Gasteiger partial charge < -0.3 is 0 Å². The predicted octanol–water partition coefficient (Wildman–Crippen LogP) is 3.08. The lowest BCUT2D eigenvalue weighted by Gasteiger charge is -2.16. The first-order valence-electron chi connectivity index (χ1n) is 6.19. The molecule has 0 aliphatic rings. The summed E-state index contributed by atoms with van der Waals surface area (Å²) in [6.07, 6.45) is 0. The molecule has 1 aromatic carbocycles. The van der Waals surface area contributed by atoms with Gasteiger partial charge in [0.2, 0.25) is 0 Å². The van der Waals surface area contributed by atoms with Gasteiger partial charge in [-0.15, -0.1) is 0 Å². The van der Waals surface area contributed by atoms with Crippen LogP contribution in [0.2, 0.25) is 0 Å². The highest BCUT2D eigenvalue weighted by molar-refractivity contribution is 5.42. The van der Waals surface area contributed by atoms with Crippen LogP contribution in [0, 0.1) is 13.8 Å². The summed E-state index contributed by atoms with van der Waals surface area (Å²) in [5, 5.41) is 3.20. The van der Waals surface area contributed by atoms with E-state index >= 15 is 0 Å². The second-order valence-corrected chi connectivity index (χ2v) is 5.88. The molecule has 0 saturated carbocycles. The van der Waals surface area contributed by atoms with E-state index in [9.17, 15) is 4.79 Å². The minimum Gasteiger partial charge on any atom is -0.294 e. The van der Waals surface area contributed by atoms with Crippen molar-refractivity contribution in [2.24, 2.45) is 0 Å². The number of rotatable bonds is 1. The van der Waals surface area contributed by atoms with E-state index < -0.39 is 0 Å². The van der Waals surface area contributed by atoms with Crippen LogP contribution in [-0.2, 0) is 5.41 Å². The Morgan fingerprint density at radius 2 is 1.78 bits per heavy atom. The Kier molecular flexibility index (Phi) is 2.93. The summed E-state index contributed by atoms with van der Waals surface area (Å²) in [4.78, 5) is 12.1. The van der Waals surface area contributed by atoms with Crippen molar-refractivity contribution in [2.75, 3.05) is 0 Å². The van der Waals surface area contributed by atoms with Gasteiger partial charge in [-0.3, -0.25) is 9.89 Å². The average molecular weight is 244 g/mol. The van der Waals surface area contributed by atoms with Crippen molar-refractivity contribution >= 4 is 0 Å². The van der Waals surface area contributed by atoms with Crippen LogP contribution in [0.15, 0.2) is 29.1 Å². The quantitative estimate of drug-likeness (QED) is 0.822. The van der Waals surface area contributed by atoms with Gasteiger partial charge in [0.15, 0.2) is 0 Å². The number of hydrogen-bond donors (Lipinski definition) is 1. The number of benzene rings is 1. The van der Waals surface area contributed by atoms with Gasteiger partial charge in [0.05, 0.1) is 5.69 Å². The standard InChI is InChI=1S/C15H20N2O/c1-10-6-7-12(11(2)8-10)17-14(18)9-13(16-17)15(3,4)5/h6-9,16H,1-5H3. The number of hydrogen-bond acceptors (Lipinski definition) is 1. The zero-order valence-corrected chi connectivity index (χ0v) is 11.7. The second-order valence-electron chi connectivity index (χ2n) is 5.88. The second kappa shape index (κ2) is 4.16. The lowest BCUT2D eigenvalue weighted by atomic mass is 9.93. The molecule has 3 heteroatoms. The number of H-pyrrole nitrogens is 1. The highest BCUT2D eigenvalue weighted by Gasteiger charge is 2.18. The normalized spacial score (nSPS) is 11.8. The molecule has 1 N–H and O–H groups in total. The van der Waals surface area contributed by atoms with Crippen LogP contribution >= 0.6 is 0 Å². The molecule has 0 amide bonds. The summed E-state index contributed by atoms with van der Waals surface area (Å²) in [6.45, 7) is 10.3. The van der Waals surface area contributed by atoms with Crippen molar-refractivity contribution in [1.82, 2.24) is 9.78 Å². The number of aromatic nitrogens is 2. The predicted molar refractivity (Wildman–Crippen MR) is 74.6 cm³/mol.